The van der Waals surface area contributed by atoms with Crippen molar-refractivity contribution in [2.24, 2.45) is 5.92 Å². The molecular formula is C13H20BrN. The zero-order valence-electron chi connectivity index (χ0n) is 9.81. The topological polar surface area (TPSA) is 12.0 Å². The van der Waals surface area contributed by atoms with Gasteiger partial charge < -0.3 is 5.32 Å². The number of rotatable bonds is 5. The molecule has 0 aliphatic heterocycles. The summed E-state index contributed by atoms with van der Waals surface area (Å²) in [6, 6.07) is 6.41. The van der Waals surface area contributed by atoms with Crippen LogP contribution in [0.3, 0.4) is 0 Å². The maximum atomic E-state index is 3.54. The largest absolute Gasteiger partial charge is 0.385 e. The van der Waals surface area contributed by atoms with Crippen LogP contribution in [0.25, 0.3) is 0 Å². The Morgan fingerprint density at radius 3 is 2.67 bits per heavy atom. The summed E-state index contributed by atoms with van der Waals surface area (Å²) in [7, 11) is 0. The molecule has 1 rings (SSSR count). The summed E-state index contributed by atoms with van der Waals surface area (Å²) in [5.41, 5.74) is 2.49. The molecule has 0 amide bonds. The molecule has 1 aromatic rings. The van der Waals surface area contributed by atoms with Crippen molar-refractivity contribution in [2.45, 2.75) is 33.6 Å². The SMILES string of the molecule is Cc1ccc(NCCCC(C)C)cc1Br. The summed E-state index contributed by atoms with van der Waals surface area (Å²) >= 11 is 3.54. The van der Waals surface area contributed by atoms with Crippen molar-refractivity contribution in [2.75, 3.05) is 11.9 Å². The molecule has 0 atom stereocenters. The lowest BCUT2D eigenvalue weighted by Crippen LogP contribution is -2.03. The van der Waals surface area contributed by atoms with Crippen LogP contribution in [0.5, 0.6) is 0 Å². The predicted octanol–water partition coefficient (Wildman–Crippen LogP) is 4.61. The highest BCUT2D eigenvalue weighted by atomic mass is 79.9. The molecule has 1 nitrogen and oxygen atoms in total. The molecule has 0 heterocycles. The van der Waals surface area contributed by atoms with Gasteiger partial charge in [-0.3, -0.25) is 0 Å². The molecule has 0 unspecified atom stereocenters. The smallest absolute Gasteiger partial charge is 0.0351 e. The first-order valence-electron chi connectivity index (χ1n) is 5.59. The van der Waals surface area contributed by atoms with Gasteiger partial charge in [0.1, 0.15) is 0 Å². The fourth-order valence-electron chi connectivity index (χ4n) is 1.45. The van der Waals surface area contributed by atoms with Crippen molar-refractivity contribution < 1.29 is 0 Å². The molecule has 0 aliphatic rings. The van der Waals surface area contributed by atoms with Crippen LogP contribution in [0.4, 0.5) is 5.69 Å². The Bertz CT molecular complexity index is 307. The maximum absolute atomic E-state index is 3.54. The lowest BCUT2D eigenvalue weighted by atomic mass is 10.1. The summed E-state index contributed by atoms with van der Waals surface area (Å²) in [4.78, 5) is 0. The van der Waals surface area contributed by atoms with E-state index in [2.05, 4.69) is 60.2 Å². The minimum atomic E-state index is 0.802. The molecule has 0 fully saturated rings. The number of benzene rings is 1. The van der Waals surface area contributed by atoms with E-state index in [1.165, 1.54) is 28.6 Å². The van der Waals surface area contributed by atoms with Gasteiger partial charge in [0.05, 0.1) is 0 Å². The van der Waals surface area contributed by atoms with Crippen molar-refractivity contribution in [3.8, 4) is 0 Å². The summed E-state index contributed by atoms with van der Waals surface area (Å²) < 4.78 is 1.18. The van der Waals surface area contributed by atoms with Crippen molar-refractivity contribution in [1.82, 2.24) is 0 Å². The van der Waals surface area contributed by atoms with Crippen LogP contribution < -0.4 is 5.32 Å². The van der Waals surface area contributed by atoms with E-state index < -0.39 is 0 Å². The fraction of sp³-hybridized carbons (Fsp3) is 0.538. The molecule has 0 saturated carbocycles. The van der Waals surface area contributed by atoms with Crippen molar-refractivity contribution in [3.63, 3.8) is 0 Å². The average molecular weight is 270 g/mol. The number of aryl methyl sites for hydroxylation is 1. The van der Waals surface area contributed by atoms with Crippen LogP contribution in [-0.4, -0.2) is 6.54 Å². The summed E-state index contributed by atoms with van der Waals surface area (Å²) in [6.07, 6.45) is 2.53. The highest BCUT2D eigenvalue weighted by molar-refractivity contribution is 9.10. The highest BCUT2D eigenvalue weighted by Gasteiger charge is 1.97. The van der Waals surface area contributed by atoms with Gasteiger partial charge in [0.15, 0.2) is 0 Å². The lowest BCUT2D eigenvalue weighted by Gasteiger charge is -2.09. The zero-order chi connectivity index (χ0) is 11.3. The maximum Gasteiger partial charge on any atom is 0.0351 e. The van der Waals surface area contributed by atoms with Gasteiger partial charge in [-0.1, -0.05) is 35.8 Å². The van der Waals surface area contributed by atoms with E-state index >= 15 is 0 Å². The first kappa shape index (κ1) is 12.6. The van der Waals surface area contributed by atoms with Gasteiger partial charge in [-0.15, -0.1) is 0 Å². The van der Waals surface area contributed by atoms with Gasteiger partial charge in [0.2, 0.25) is 0 Å². The third kappa shape index (κ3) is 4.70. The second-order valence-electron chi connectivity index (χ2n) is 4.43. The molecule has 0 saturated heterocycles. The van der Waals surface area contributed by atoms with Crippen LogP contribution in [0.2, 0.25) is 0 Å². The minimum Gasteiger partial charge on any atom is -0.385 e. The number of halogens is 1. The second kappa shape index (κ2) is 6.16. The minimum absolute atomic E-state index is 0.802. The Hall–Kier alpha value is -0.500. The van der Waals surface area contributed by atoms with Gasteiger partial charge in [-0.2, -0.15) is 0 Å². The molecule has 0 bridgehead atoms. The second-order valence-corrected chi connectivity index (χ2v) is 5.28. The number of hydrogen-bond acceptors (Lipinski definition) is 1. The summed E-state index contributed by atoms with van der Waals surface area (Å²) in [5.74, 6) is 0.802. The van der Waals surface area contributed by atoms with Crippen molar-refractivity contribution in [3.05, 3.63) is 28.2 Å². The Balaban J connectivity index is 2.35. The molecule has 0 aromatic heterocycles. The zero-order valence-corrected chi connectivity index (χ0v) is 11.4. The van der Waals surface area contributed by atoms with Crippen LogP contribution in [0, 0.1) is 12.8 Å². The fourth-order valence-corrected chi connectivity index (χ4v) is 1.82. The van der Waals surface area contributed by atoms with E-state index in [1.807, 2.05) is 0 Å². The molecule has 0 spiro atoms. The Morgan fingerprint density at radius 1 is 1.33 bits per heavy atom. The third-order valence-corrected chi connectivity index (χ3v) is 3.31. The quantitative estimate of drug-likeness (QED) is 0.771. The Morgan fingerprint density at radius 2 is 2.07 bits per heavy atom. The number of hydrogen-bond donors (Lipinski definition) is 1. The van der Waals surface area contributed by atoms with Gasteiger partial charge in [-0.05, 0) is 43.4 Å². The molecule has 1 aromatic carbocycles. The van der Waals surface area contributed by atoms with Crippen LogP contribution in [0.15, 0.2) is 22.7 Å². The standard InChI is InChI=1S/C13H20BrN/c1-10(2)5-4-8-15-12-7-6-11(3)13(14)9-12/h6-7,9-10,15H,4-5,8H2,1-3H3. The van der Waals surface area contributed by atoms with Gasteiger partial charge in [0.25, 0.3) is 0 Å². The molecule has 84 valence electrons. The van der Waals surface area contributed by atoms with Crippen LogP contribution in [0.1, 0.15) is 32.3 Å². The highest BCUT2D eigenvalue weighted by Crippen LogP contribution is 2.20. The van der Waals surface area contributed by atoms with Gasteiger partial charge in [-0.25, -0.2) is 0 Å². The van der Waals surface area contributed by atoms with Crippen LogP contribution in [-0.2, 0) is 0 Å². The van der Waals surface area contributed by atoms with Crippen molar-refractivity contribution in [1.29, 1.82) is 0 Å². The summed E-state index contributed by atoms with van der Waals surface area (Å²) in [5, 5.41) is 3.44. The molecule has 15 heavy (non-hydrogen) atoms. The predicted molar refractivity (Wildman–Crippen MR) is 71.4 cm³/mol. The van der Waals surface area contributed by atoms with E-state index in [0.717, 1.165) is 12.5 Å². The first-order valence-corrected chi connectivity index (χ1v) is 6.39. The average Bonchev–Trinajstić information content (AvgIpc) is 2.18. The molecule has 0 radical (unpaired) electrons. The third-order valence-electron chi connectivity index (χ3n) is 2.46. The Kier molecular flexibility index (Phi) is 5.16. The van der Waals surface area contributed by atoms with E-state index in [-0.39, 0.29) is 0 Å². The van der Waals surface area contributed by atoms with E-state index in [1.54, 1.807) is 0 Å². The van der Waals surface area contributed by atoms with E-state index in [9.17, 15) is 0 Å². The molecular weight excluding hydrogens is 250 g/mol. The van der Waals surface area contributed by atoms with Crippen molar-refractivity contribution >= 4 is 21.6 Å². The number of nitrogens with one attached hydrogen (secondary N) is 1. The number of anilines is 1. The Labute approximate surface area is 101 Å². The molecule has 0 aliphatic carbocycles. The van der Waals surface area contributed by atoms with E-state index in [4.69, 9.17) is 0 Å². The van der Waals surface area contributed by atoms with Crippen LogP contribution >= 0.6 is 15.9 Å². The van der Waals surface area contributed by atoms with Gasteiger partial charge >= 0.3 is 0 Å². The summed E-state index contributed by atoms with van der Waals surface area (Å²) in [6.45, 7) is 7.70. The first-order chi connectivity index (χ1) is 7.09. The normalized spacial score (nSPS) is 10.7. The van der Waals surface area contributed by atoms with Gasteiger partial charge in [0, 0.05) is 16.7 Å². The molecule has 1 N–H and O–H groups in total. The van der Waals surface area contributed by atoms with E-state index in [0.29, 0.717) is 0 Å². The molecule has 2 heteroatoms. The lowest BCUT2D eigenvalue weighted by molar-refractivity contribution is 0.567. The monoisotopic (exact) mass is 269 g/mol.